The van der Waals surface area contributed by atoms with E-state index in [1.807, 2.05) is 54.6 Å². The number of hydrogen-bond donors (Lipinski definition) is 0. The Balaban J connectivity index is 1.33. The van der Waals surface area contributed by atoms with Gasteiger partial charge in [-0.3, -0.25) is 4.79 Å². The lowest BCUT2D eigenvalue weighted by molar-refractivity contribution is -0.134. The molecule has 1 amide bonds. The van der Waals surface area contributed by atoms with Crippen LogP contribution in [-0.2, 0) is 4.79 Å². The highest BCUT2D eigenvalue weighted by molar-refractivity contribution is 5.78. The molecule has 2 aromatic rings. The third-order valence-electron chi connectivity index (χ3n) is 5.90. The summed E-state index contributed by atoms with van der Waals surface area (Å²) in [5, 5.41) is 0. The first-order chi connectivity index (χ1) is 13.3. The monoisotopic (exact) mass is 379 g/mol. The number of amides is 1. The number of fused-ring (bicyclic) bond motifs is 2. The summed E-state index contributed by atoms with van der Waals surface area (Å²) in [6.45, 7) is 7.90. The number of likely N-dealkylation sites (tertiary alicyclic amines) is 1. The van der Waals surface area contributed by atoms with Crippen LogP contribution in [-0.4, -0.2) is 30.0 Å². The molecule has 0 spiro atoms. The number of benzene rings is 2. The molecule has 0 N–H and O–H groups in total. The molecule has 28 heavy (non-hydrogen) atoms. The van der Waals surface area contributed by atoms with Crippen molar-refractivity contribution in [2.75, 3.05) is 13.2 Å². The average molecular weight is 380 g/mol. The second kappa shape index (κ2) is 7.16. The summed E-state index contributed by atoms with van der Waals surface area (Å²) >= 11 is 0. The molecule has 4 rings (SSSR count). The summed E-state index contributed by atoms with van der Waals surface area (Å²) in [6.07, 6.45) is 3.39. The second-order valence-electron chi connectivity index (χ2n) is 9.41. The van der Waals surface area contributed by atoms with Crippen LogP contribution in [0.15, 0.2) is 54.6 Å². The van der Waals surface area contributed by atoms with Crippen molar-refractivity contribution in [2.45, 2.75) is 46.1 Å². The Bertz CT molecular complexity index is 831. The zero-order chi connectivity index (χ0) is 19.8. The SMILES string of the molecule is CC1(C)C[C@@H]2C[C@](C)(CN2C(=O)COc2ccc(Oc3ccccc3)cc2)C1. The number of carbonyl (C=O) groups is 1. The van der Waals surface area contributed by atoms with E-state index < -0.39 is 0 Å². The van der Waals surface area contributed by atoms with Crippen molar-refractivity contribution in [3.05, 3.63) is 54.6 Å². The van der Waals surface area contributed by atoms with Gasteiger partial charge in [-0.2, -0.15) is 0 Å². The molecule has 1 aliphatic carbocycles. The van der Waals surface area contributed by atoms with Crippen molar-refractivity contribution in [2.24, 2.45) is 10.8 Å². The van der Waals surface area contributed by atoms with Gasteiger partial charge in [0, 0.05) is 12.6 Å². The van der Waals surface area contributed by atoms with Crippen molar-refractivity contribution in [3.63, 3.8) is 0 Å². The van der Waals surface area contributed by atoms with Crippen LogP contribution in [0.25, 0.3) is 0 Å². The van der Waals surface area contributed by atoms with Crippen LogP contribution in [0.4, 0.5) is 0 Å². The minimum absolute atomic E-state index is 0.0892. The number of rotatable bonds is 5. The largest absolute Gasteiger partial charge is 0.484 e. The van der Waals surface area contributed by atoms with E-state index in [9.17, 15) is 4.79 Å². The van der Waals surface area contributed by atoms with Crippen LogP contribution in [0, 0.1) is 10.8 Å². The topological polar surface area (TPSA) is 38.8 Å². The first kappa shape index (κ1) is 18.9. The molecule has 0 radical (unpaired) electrons. The Kier molecular flexibility index (Phi) is 4.82. The number of carbonyl (C=O) groups excluding carboxylic acids is 1. The van der Waals surface area contributed by atoms with Crippen molar-refractivity contribution < 1.29 is 14.3 Å². The summed E-state index contributed by atoms with van der Waals surface area (Å²) in [5.74, 6) is 2.31. The third-order valence-corrected chi connectivity index (χ3v) is 5.90. The third kappa shape index (κ3) is 4.16. The van der Waals surface area contributed by atoms with Gasteiger partial charge in [0.2, 0.25) is 0 Å². The van der Waals surface area contributed by atoms with E-state index in [2.05, 4.69) is 25.7 Å². The molecule has 1 saturated carbocycles. The maximum atomic E-state index is 12.8. The van der Waals surface area contributed by atoms with Gasteiger partial charge in [-0.05, 0) is 66.5 Å². The fourth-order valence-corrected chi connectivity index (χ4v) is 5.21. The Hall–Kier alpha value is -2.49. The average Bonchev–Trinajstić information content (AvgIpc) is 2.90. The maximum Gasteiger partial charge on any atom is 0.260 e. The second-order valence-corrected chi connectivity index (χ2v) is 9.41. The van der Waals surface area contributed by atoms with Crippen molar-refractivity contribution in [1.82, 2.24) is 4.90 Å². The van der Waals surface area contributed by atoms with Gasteiger partial charge < -0.3 is 14.4 Å². The molecular weight excluding hydrogens is 350 g/mol. The van der Waals surface area contributed by atoms with Gasteiger partial charge in [-0.15, -0.1) is 0 Å². The van der Waals surface area contributed by atoms with E-state index in [0.29, 0.717) is 17.2 Å². The van der Waals surface area contributed by atoms with E-state index in [1.165, 1.54) is 6.42 Å². The lowest BCUT2D eigenvalue weighted by Gasteiger charge is -2.39. The minimum Gasteiger partial charge on any atom is -0.484 e. The Morgan fingerprint density at radius 3 is 2.32 bits per heavy atom. The maximum absolute atomic E-state index is 12.8. The highest BCUT2D eigenvalue weighted by Crippen LogP contribution is 2.52. The van der Waals surface area contributed by atoms with Gasteiger partial charge in [0.25, 0.3) is 5.91 Å². The number of nitrogens with zero attached hydrogens (tertiary/aromatic N) is 1. The lowest BCUT2D eigenvalue weighted by atomic mass is 9.65. The Morgan fingerprint density at radius 2 is 1.61 bits per heavy atom. The van der Waals surface area contributed by atoms with Crippen LogP contribution >= 0.6 is 0 Å². The highest BCUT2D eigenvalue weighted by atomic mass is 16.5. The summed E-state index contributed by atoms with van der Waals surface area (Å²) in [5.41, 5.74) is 0.556. The molecule has 4 nitrogen and oxygen atoms in total. The number of hydrogen-bond acceptors (Lipinski definition) is 3. The molecule has 2 aliphatic rings. The predicted octanol–water partition coefficient (Wildman–Crippen LogP) is 5.28. The molecule has 0 aromatic heterocycles. The molecule has 1 heterocycles. The minimum atomic E-state index is 0.0892. The molecular formula is C24H29NO3. The van der Waals surface area contributed by atoms with Crippen LogP contribution in [0.1, 0.15) is 40.0 Å². The zero-order valence-corrected chi connectivity index (χ0v) is 17.0. The van der Waals surface area contributed by atoms with Crippen LogP contribution in [0.2, 0.25) is 0 Å². The smallest absolute Gasteiger partial charge is 0.260 e. The van der Waals surface area contributed by atoms with Gasteiger partial charge in [-0.25, -0.2) is 0 Å². The fourth-order valence-electron chi connectivity index (χ4n) is 5.21. The molecule has 0 unspecified atom stereocenters. The molecule has 1 saturated heterocycles. The van der Waals surface area contributed by atoms with E-state index in [-0.39, 0.29) is 17.9 Å². The molecule has 4 heteroatoms. The fraction of sp³-hybridized carbons (Fsp3) is 0.458. The van der Waals surface area contributed by atoms with Crippen molar-refractivity contribution >= 4 is 5.91 Å². The molecule has 2 aromatic carbocycles. The summed E-state index contributed by atoms with van der Waals surface area (Å²) in [7, 11) is 0. The van der Waals surface area contributed by atoms with E-state index in [0.717, 1.165) is 30.9 Å². The standard InChI is InChI=1S/C24H29NO3/c1-23(2)13-18-14-24(3,16-23)17-25(18)22(26)15-27-19-9-11-21(12-10-19)28-20-7-5-4-6-8-20/h4-12,18H,13-17H2,1-3H3/t18-,24+/m1/s1. The van der Waals surface area contributed by atoms with Crippen molar-refractivity contribution in [1.29, 1.82) is 0 Å². The quantitative estimate of drug-likeness (QED) is 0.709. The number of para-hydroxylation sites is 1. The van der Waals surface area contributed by atoms with E-state index in [4.69, 9.17) is 9.47 Å². The normalized spacial score (nSPS) is 25.4. The van der Waals surface area contributed by atoms with Crippen LogP contribution < -0.4 is 9.47 Å². The van der Waals surface area contributed by atoms with Gasteiger partial charge in [-0.1, -0.05) is 39.0 Å². The summed E-state index contributed by atoms with van der Waals surface area (Å²) in [4.78, 5) is 14.9. The molecule has 2 atom stereocenters. The molecule has 1 aliphatic heterocycles. The van der Waals surface area contributed by atoms with Gasteiger partial charge in [0.15, 0.2) is 6.61 Å². The Morgan fingerprint density at radius 1 is 0.964 bits per heavy atom. The zero-order valence-electron chi connectivity index (χ0n) is 17.0. The predicted molar refractivity (Wildman–Crippen MR) is 110 cm³/mol. The van der Waals surface area contributed by atoms with E-state index in [1.54, 1.807) is 0 Å². The van der Waals surface area contributed by atoms with E-state index >= 15 is 0 Å². The lowest BCUT2D eigenvalue weighted by Crippen LogP contribution is -2.40. The first-order valence-electron chi connectivity index (χ1n) is 10.1. The van der Waals surface area contributed by atoms with Gasteiger partial charge in [0.05, 0.1) is 0 Å². The molecule has 148 valence electrons. The molecule has 2 fully saturated rings. The summed E-state index contributed by atoms with van der Waals surface area (Å²) in [6, 6.07) is 17.4. The highest BCUT2D eigenvalue weighted by Gasteiger charge is 2.50. The first-order valence-corrected chi connectivity index (χ1v) is 10.1. The molecule has 2 bridgehead atoms. The van der Waals surface area contributed by atoms with Gasteiger partial charge in [0.1, 0.15) is 17.2 Å². The number of ether oxygens (including phenoxy) is 2. The van der Waals surface area contributed by atoms with Crippen molar-refractivity contribution in [3.8, 4) is 17.2 Å². The van der Waals surface area contributed by atoms with Gasteiger partial charge >= 0.3 is 0 Å². The van der Waals surface area contributed by atoms with Crippen LogP contribution in [0.3, 0.4) is 0 Å². The van der Waals surface area contributed by atoms with Crippen LogP contribution in [0.5, 0.6) is 17.2 Å². The Labute approximate surface area is 167 Å². The summed E-state index contributed by atoms with van der Waals surface area (Å²) < 4.78 is 11.6.